The minimum Gasteiger partial charge on any atom is -0.328 e. The van der Waals surface area contributed by atoms with Crippen molar-refractivity contribution in [3.63, 3.8) is 0 Å². The zero-order valence-electron chi connectivity index (χ0n) is 13.9. The maximum absolute atomic E-state index is 12.3. The maximum Gasteiger partial charge on any atom is 0.279 e. The third-order valence-corrected chi connectivity index (χ3v) is 5.12. The van der Waals surface area contributed by atoms with Crippen LogP contribution in [-0.4, -0.2) is 12.5 Å². The quantitative estimate of drug-likeness (QED) is 0.675. The summed E-state index contributed by atoms with van der Waals surface area (Å²) in [6, 6.07) is 19.9. The summed E-state index contributed by atoms with van der Waals surface area (Å²) in [5, 5.41) is 7.63. The molecule has 0 bridgehead atoms. The molecule has 1 amide bonds. The van der Waals surface area contributed by atoms with Crippen LogP contribution in [0.4, 0.5) is 5.69 Å². The van der Waals surface area contributed by atoms with Crippen molar-refractivity contribution in [1.82, 2.24) is 0 Å². The minimum atomic E-state index is -0.0454. The molecule has 3 nitrogen and oxygen atoms in total. The van der Waals surface area contributed by atoms with Gasteiger partial charge in [-0.2, -0.15) is 0 Å². The Labute approximate surface area is 156 Å². The highest BCUT2D eigenvalue weighted by molar-refractivity contribution is 7.10. The van der Waals surface area contributed by atoms with E-state index < -0.39 is 0 Å². The van der Waals surface area contributed by atoms with Crippen LogP contribution in [-0.2, 0) is 4.79 Å². The summed E-state index contributed by atoms with van der Waals surface area (Å²) in [5.74, 6) is -0.0454. The predicted molar refractivity (Wildman–Crippen MR) is 104 cm³/mol. The number of benzene rings is 2. The highest BCUT2D eigenvalue weighted by atomic mass is 35.5. The number of hydrogen-bond donors (Lipinski definition) is 2. The molecule has 5 heteroatoms. The zero-order valence-corrected chi connectivity index (χ0v) is 15.5. The number of hydrogen-bond acceptors (Lipinski definition) is 2. The smallest absolute Gasteiger partial charge is 0.279 e. The van der Waals surface area contributed by atoms with Gasteiger partial charge in [-0.05, 0) is 36.6 Å². The monoisotopic (exact) mass is 371 g/mol. The van der Waals surface area contributed by atoms with Gasteiger partial charge in [-0.3, -0.25) is 4.79 Å². The van der Waals surface area contributed by atoms with Gasteiger partial charge in [0, 0.05) is 16.3 Å². The molecule has 0 aliphatic heterocycles. The molecule has 3 aromatic rings. The number of carbonyl (C=O) groups excluding carboxylic acids is 1. The predicted octanol–water partition coefficient (Wildman–Crippen LogP) is 4.00. The van der Waals surface area contributed by atoms with Crippen molar-refractivity contribution < 1.29 is 10.1 Å². The van der Waals surface area contributed by atoms with Gasteiger partial charge in [-0.25, -0.2) is 0 Å². The minimum absolute atomic E-state index is 0.0454. The van der Waals surface area contributed by atoms with Crippen molar-refractivity contribution in [1.29, 1.82) is 0 Å². The van der Waals surface area contributed by atoms with Gasteiger partial charge in [-0.15, -0.1) is 11.3 Å². The Morgan fingerprint density at radius 1 is 1.16 bits per heavy atom. The lowest BCUT2D eigenvalue weighted by Gasteiger charge is -2.15. The number of quaternary nitrogens is 1. The molecular weight excluding hydrogens is 352 g/mol. The fourth-order valence-electron chi connectivity index (χ4n) is 2.66. The number of rotatable bonds is 6. The Hall–Kier alpha value is -2.14. The van der Waals surface area contributed by atoms with E-state index in [2.05, 4.69) is 53.3 Å². The van der Waals surface area contributed by atoms with E-state index in [1.165, 1.54) is 16.0 Å². The number of anilines is 1. The van der Waals surface area contributed by atoms with E-state index in [0.29, 0.717) is 17.3 Å². The van der Waals surface area contributed by atoms with Gasteiger partial charge in [0.1, 0.15) is 6.04 Å². The summed E-state index contributed by atoms with van der Waals surface area (Å²) in [5.41, 5.74) is 3.14. The average molecular weight is 372 g/mol. The highest BCUT2D eigenvalue weighted by Crippen LogP contribution is 2.23. The van der Waals surface area contributed by atoms with Crippen molar-refractivity contribution >= 4 is 34.5 Å². The second-order valence-corrected chi connectivity index (χ2v) is 7.32. The average Bonchev–Trinajstić information content (AvgIpc) is 3.11. The molecule has 0 aliphatic carbocycles. The van der Waals surface area contributed by atoms with Gasteiger partial charge in [0.25, 0.3) is 5.91 Å². The standard InChI is InChI=1S/C20H19ClN2OS/c1-14-7-9-15(10-8-14)20(18-6-3-11-25-18)22-13-19(24)23-17-5-2-4-16(21)12-17/h2-12,20,22H,13H2,1H3,(H,23,24)/p+1/t20-/m0/s1. The first-order valence-corrected chi connectivity index (χ1v) is 9.36. The Morgan fingerprint density at radius 2 is 1.96 bits per heavy atom. The van der Waals surface area contributed by atoms with Crippen LogP contribution >= 0.6 is 22.9 Å². The summed E-state index contributed by atoms with van der Waals surface area (Å²) >= 11 is 7.67. The van der Waals surface area contributed by atoms with E-state index >= 15 is 0 Å². The van der Waals surface area contributed by atoms with Crippen LogP contribution in [0.2, 0.25) is 5.02 Å². The van der Waals surface area contributed by atoms with Crippen LogP contribution in [0, 0.1) is 6.92 Å². The number of halogens is 1. The molecule has 3 rings (SSSR count). The fraction of sp³-hybridized carbons (Fsp3) is 0.150. The van der Waals surface area contributed by atoms with E-state index in [1.54, 1.807) is 23.5 Å². The van der Waals surface area contributed by atoms with Crippen molar-refractivity contribution in [3.05, 3.63) is 87.1 Å². The number of thiophene rings is 1. The number of aryl methyl sites for hydroxylation is 1. The second-order valence-electron chi connectivity index (χ2n) is 5.90. The van der Waals surface area contributed by atoms with E-state index in [1.807, 2.05) is 18.2 Å². The van der Waals surface area contributed by atoms with Crippen molar-refractivity contribution in [2.24, 2.45) is 0 Å². The molecule has 2 aromatic carbocycles. The summed E-state index contributed by atoms with van der Waals surface area (Å²) in [4.78, 5) is 13.5. The Kier molecular flexibility index (Phi) is 5.87. The summed E-state index contributed by atoms with van der Waals surface area (Å²) in [6.07, 6.45) is 0. The normalized spacial score (nSPS) is 11.9. The van der Waals surface area contributed by atoms with E-state index in [4.69, 9.17) is 11.6 Å². The molecule has 0 saturated carbocycles. The Bertz CT molecular complexity index is 831. The molecule has 25 heavy (non-hydrogen) atoms. The van der Waals surface area contributed by atoms with Gasteiger partial charge in [-0.1, -0.05) is 53.6 Å². The number of nitrogens with two attached hydrogens (primary N) is 1. The van der Waals surface area contributed by atoms with Crippen LogP contribution in [0.5, 0.6) is 0 Å². The van der Waals surface area contributed by atoms with Crippen LogP contribution < -0.4 is 10.6 Å². The number of amides is 1. The second kappa shape index (κ2) is 8.30. The largest absolute Gasteiger partial charge is 0.328 e. The molecule has 0 radical (unpaired) electrons. The highest BCUT2D eigenvalue weighted by Gasteiger charge is 2.20. The summed E-state index contributed by atoms with van der Waals surface area (Å²) in [6.45, 7) is 2.41. The van der Waals surface area contributed by atoms with Gasteiger partial charge >= 0.3 is 0 Å². The maximum atomic E-state index is 12.3. The molecule has 128 valence electrons. The van der Waals surface area contributed by atoms with Gasteiger partial charge in [0.15, 0.2) is 6.54 Å². The number of carbonyl (C=O) groups is 1. The van der Waals surface area contributed by atoms with Crippen molar-refractivity contribution in [3.8, 4) is 0 Å². The molecule has 1 heterocycles. The summed E-state index contributed by atoms with van der Waals surface area (Å²) < 4.78 is 0. The first-order chi connectivity index (χ1) is 12.1. The molecule has 1 aromatic heterocycles. The van der Waals surface area contributed by atoms with E-state index in [9.17, 15) is 4.79 Å². The molecular formula is C20H20ClN2OS+. The van der Waals surface area contributed by atoms with Crippen LogP contribution in [0.25, 0.3) is 0 Å². The van der Waals surface area contributed by atoms with Crippen molar-refractivity contribution in [2.75, 3.05) is 11.9 Å². The zero-order chi connectivity index (χ0) is 17.6. The third-order valence-electron chi connectivity index (χ3n) is 3.93. The fourth-order valence-corrected chi connectivity index (χ4v) is 3.70. The Morgan fingerprint density at radius 3 is 2.64 bits per heavy atom. The van der Waals surface area contributed by atoms with E-state index in [0.717, 1.165) is 0 Å². The molecule has 0 saturated heterocycles. The molecule has 0 fully saturated rings. The van der Waals surface area contributed by atoms with Crippen LogP contribution in [0.3, 0.4) is 0 Å². The summed E-state index contributed by atoms with van der Waals surface area (Å²) in [7, 11) is 0. The van der Waals surface area contributed by atoms with Gasteiger partial charge in [0.05, 0.1) is 4.88 Å². The molecule has 0 aliphatic rings. The lowest BCUT2D eigenvalue weighted by Crippen LogP contribution is -2.87. The lowest BCUT2D eigenvalue weighted by atomic mass is 10.0. The topological polar surface area (TPSA) is 45.7 Å². The van der Waals surface area contributed by atoms with Crippen molar-refractivity contribution in [2.45, 2.75) is 13.0 Å². The van der Waals surface area contributed by atoms with Crippen LogP contribution in [0.15, 0.2) is 66.0 Å². The van der Waals surface area contributed by atoms with E-state index in [-0.39, 0.29) is 11.9 Å². The first kappa shape index (κ1) is 17.7. The lowest BCUT2D eigenvalue weighted by molar-refractivity contribution is -0.675. The molecule has 0 spiro atoms. The molecule has 1 atom stereocenters. The first-order valence-electron chi connectivity index (χ1n) is 8.10. The molecule has 3 N–H and O–H groups in total. The van der Waals surface area contributed by atoms with Gasteiger partial charge < -0.3 is 10.6 Å². The Balaban J connectivity index is 1.68. The number of nitrogens with one attached hydrogen (secondary N) is 1. The van der Waals surface area contributed by atoms with Gasteiger partial charge in [0.2, 0.25) is 0 Å². The SMILES string of the molecule is Cc1ccc([C@H]([NH2+]CC(=O)Nc2cccc(Cl)c2)c2cccs2)cc1. The third kappa shape index (κ3) is 4.92. The molecule has 0 unspecified atom stereocenters. The van der Waals surface area contributed by atoms with Crippen LogP contribution in [0.1, 0.15) is 22.0 Å².